The molecule has 0 atom stereocenters. The van der Waals surface area contributed by atoms with Crippen LogP contribution in [0.2, 0.25) is 0 Å². The minimum Gasteiger partial charge on any atom is -0.452 e. The average molecular weight is 345 g/mol. The van der Waals surface area contributed by atoms with Gasteiger partial charge in [-0.2, -0.15) is 0 Å². The number of anilines is 2. The average Bonchev–Trinajstić information content (AvgIpc) is 2.95. The van der Waals surface area contributed by atoms with Gasteiger partial charge in [0.1, 0.15) is 11.3 Å². The van der Waals surface area contributed by atoms with Crippen molar-refractivity contribution in [2.24, 2.45) is 0 Å². The molecule has 1 aromatic carbocycles. The first-order valence-electron chi connectivity index (χ1n) is 7.70. The number of hydrogen-bond acceptors (Lipinski definition) is 6. The van der Waals surface area contributed by atoms with E-state index in [1.165, 1.54) is 6.92 Å². The Kier molecular flexibility index (Phi) is 5.89. The number of hydrogen-bond donors (Lipinski definition) is 2. The Morgan fingerprint density at radius 3 is 2.28 bits per heavy atom. The van der Waals surface area contributed by atoms with E-state index in [0.29, 0.717) is 29.2 Å². The Morgan fingerprint density at radius 1 is 1.12 bits per heavy atom. The molecule has 8 heteroatoms. The van der Waals surface area contributed by atoms with Gasteiger partial charge < -0.3 is 19.9 Å². The number of esters is 1. The summed E-state index contributed by atoms with van der Waals surface area (Å²) in [5.41, 5.74) is 1.89. The minimum absolute atomic E-state index is 0.181. The largest absolute Gasteiger partial charge is 0.452 e. The smallest absolute Gasteiger partial charge is 0.344 e. The monoisotopic (exact) mass is 345 g/mol. The van der Waals surface area contributed by atoms with Gasteiger partial charge >= 0.3 is 5.97 Å². The van der Waals surface area contributed by atoms with E-state index in [2.05, 4.69) is 15.8 Å². The molecule has 0 unspecified atom stereocenters. The summed E-state index contributed by atoms with van der Waals surface area (Å²) in [5, 5.41) is 8.99. The van der Waals surface area contributed by atoms with Crippen molar-refractivity contribution >= 4 is 29.2 Å². The Morgan fingerprint density at radius 2 is 1.72 bits per heavy atom. The van der Waals surface area contributed by atoms with Crippen molar-refractivity contribution in [1.82, 2.24) is 5.16 Å². The predicted octanol–water partition coefficient (Wildman–Crippen LogP) is 2.30. The van der Waals surface area contributed by atoms with E-state index in [1.807, 2.05) is 6.92 Å². The number of amides is 2. The van der Waals surface area contributed by atoms with E-state index >= 15 is 0 Å². The first-order valence-corrected chi connectivity index (χ1v) is 7.70. The highest BCUT2D eigenvalue weighted by Crippen LogP contribution is 2.16. The molecule has 2 aromatic rings. The second kappa shape index (κ2) is 8.09. The number of ether oxygens (including phenoxy) is 1. The van der Waals surface area contributed by atoms with Crippen molar-refractivity contribution in [1.29, 1.82) is 0 Å². The molecule has 0 bridgehead atoms. The van der Waals surface area contributed by atoms with Gasteiger partial charge in [-0.05, 0) is 37.6 Å². The van der Waals surface area contributed by atoms with E-state index in [1.54, 1.807) is 31.2 Å². The van der Waals surface area contributed by atoms with Gasteiger partial charge in [0.25, 0.3) is 5.91 Å². The van der Waals surface area contributed by atoms with Crippen LogP contribution in [0.4, 0.5) is 11.4 Å². The summed E-state index contributed by atoms with van der Waals surface area (Å²) in [5.74, 6) is -0.950. The molecule has 1 heterocycles. The third-order valence-corrected chi connectivity index (χ3v) is 3.30. The molecular formula is C17H19N3O5. The molecule has 0 aliphatic carbocycles. The molecule has 1 aromatic heterocycles. The summed E-state index contributed by atoms with van der Waals surface area (Å²) in [6, 6.07) is 6.56. The van der Waals surface area contributed by atoms with Gasteiger partial charge in [-0.1, -0.05) is 12.1 Å². The van der Waals surface area contributed by atoms with E-state index < -0.39 is 18.5 Å². The van der Waals surface area contributed by atoms with Gasteiger partial charge in [0.2, 0.25) is 5.91 Å². The highest BCUT2D eigenvalue weighted by Gasteiger charge is 2.21. The third kappa shape index (κ3) is 4.90. The molecule has 2 N–H and O–H groups in total. The molecule has 0 saturated carbocycles. The summed E-state index contributed by atoms with van der Waals surface area (Å²) < 4.78 is 9.98. The van der Waals surface area contributed by atoms with E-state index in [-0.39, 0.29) is 11.5 Å². The summed E-state index contributed by atoms with van der Waals surface area (Å²) in [4.78, 5) is 34.9. The molecule has 0 aliphatic rings. The van der Waals surface area contributed by atoms with Crippen LogP contribution in [0.3, 0.4) is 0 Å². The summed E-state index contributed by atoms with van der Waals surface area (Å²) >= 11 is 0. The molecule has 8 nitrogen and oxygen atoms in total. The molecule has 2 rings (SSSR count). The molecule has 0 spiro atoms. The number of aromatic nitrogens is 1. The van der Waals surface area contributed by atoms with Gasteiger partial charge in [0.15, 0.2) is 6.61 Å². The zero-order valence-electron chi connectivity index (χ0n) is 14.2. The molecule has 132 valence electrons. The van der Waals surface area contributed by atoms with Crippen LogP contribution in [-0.4, -0.2) is 29.5 Å². The molecular weight excluding hydrogens is 326 g/mol. The molecule has 0 fully saturated rings. The fourth-order valence-electron chi connectivity index (χ4n) is 2.16. The van der Waals surface area contributed by atoms with Gasteiger partial charge in [0, 0.05) is 18.3 Å². The Balaban J connectivity index is 1.89. The fourth-order valence-corrected chi connectivity index (χ4v) is 2.16. The Hall–Kier alpha value is -3.16. The summed E-state index contributed by atoms with van der Waals surface area (Å²) in [6.07, 6.45) is 0.522. The number of benzene rings is 1. The van der Waals surface area contributed by atoms with Crippen LogP contribution >= 0.6 is 0 Å². The van der Waals surface area contributed by atoms with Crippen LogP contribution in [0.5, 0.6) is 0 Å². The van der Waals surface area contributed by atoms with Crippen molar-refractivity contribution in [3.05, 3.63) is 41.3 Å². The molecule has 2 amide bonds. The van der Waals surface area contributed by atoms with Crippen LogP contribution in [-0.2, 0) is 20.7 Å². The maximum atomic E-state index is 12.1. The number of nitrogens with zero attached hydrogens (tertiary/aromatic N) is 1. The zero-order chi connectivity index (χ0) is 18.4. The van der Waals surface area contributed by atoms with Crippen molar-refractivity contribution in [2.75, 3.05) is 17.2 Å². The molecule has 0 aliphatic heterocycles. The first-order chi connectivity index (χ1) is 11.9. The second-order valence-electron chi connectivity index (χ2n) is 5.30. The van der Waals surface area contributed by atoms with Crippen molar-refractivity contribution in [3.8, 4) is 0 Å². The number of rotatable bonds is 6. The van der Waals surface area contributed by atoms with Crippen LogP contribution in [0.25, 0.3) is 0 Å². The number of aryl methyl sites for hydroxylation is 2. The predicted molar refractivity (Wildman–Crippen MR) is 90.3 cm³/mol. The summed E-state index contributed by atoms with van der Waals surface area (Å²) in [7, 11) is 0. The zero-order valence-corrected chi connectivity index (χ0v) is 14.2. The van der Waals surface area contributed by atoms with Gasteiger partial charge in [-0.3, -0.25) is 9.59 Å². The highest BCUT2D eigenvalue weighted by atomic mass is 16.5. The van der Waals surface area contributed by atoms with Gasteiger partial charge in [0.05, 0.1) is 5.69 Å². The van der Waals surface area contributed by atoms with Crippen LogP contribution in [0.15, 0.2) is 28.8 Å². The quantitative estimate of drug-likeness (QED) is 0.777. The van der Waals surface area contributed by atoms with Crippen molar-refractivity contribution in [3.63, 3.8) is 0 Å². The minimum atomic E-state index is -0.647. The lowest BCUT2D eigenvalue weighted by molar-refractivity contribution is -0.119. The van der Waals surface area contributed by atoms with Gasteiger partial charge in [-0.25, -0.2) is 4.79 Å². The maximum Gasteiger partial charge on any atom is 0.344 e. The van der Waals surface area contributed by atoms with Gasteiger partial charge in [-0.15, -0.1) is 0 Å². The topological polar surface area (TPSA) is 111 Å². The SMILES string of the molecule is CCc1noc(C)c1C(=O)OCC(=O)Nc1ccc(NC(C)=O)cc1. The molecule has 25 heavy (non-hydrogen) atoms. The normalized spacial score (nSPS) is 10.2. The highest BCUT2D eigenvalue weighted by molar-refractivity contribution is 5.96. The van der Waals surface area contributed by atoms with Crippen molar-refractivity contribution in [2.45, 2.75) is 27.2 Å². The lowest BCUT2D eigenvalue weighted by Crippen LogP contribution is -2.21. The Labute approximate surface area is 144 Å². The van der Waals surface area contributed by atoms with E-state index in [9.17, 15) is 14.4 Å². The number of carbonyl (C=O) groups is 3. The van der Waals surface area contributed by atoms with Crippen molar-refractivity contribution < 1.29 is 23.6 Å². The number of nitrogens with one attached hydrogen (secondary N) is 2. The third-order valence-electron chi connectivity index (χ3n) is 3.30. The van der Waals surface area contributed by atoms with Crippen LogP contribution in [0.1, 0.15) is 35.7 Å². The number of carbonyl (C=O) groups excluding carboxylic acids is 3. The lowest BCUT2D eigenvalue weighted by atomic mass is 10.1. The molecule has 0 saturated heterocycles. The van der Waals surface area contributed by atoms with Crippen LogP contribution in [0, 0.1) is 6.92 Å². The Bertz CT molecular complexity index is 780. The fraction of sp³-hybridized carbons (Fsp3) is 0.294. The standard InChI is InChI=1S/C17H19N3O5/c1-4-14-16(10(2)25-20-14)17(23)24-9-15(22)19-13-7-5-12(6-8-13)18-11(3)21/h5-8H,4,9H2,1-3H3,(H,18,21)(H,19,22). The first kappa shape index (κ1) is 18.2. The van der Waals surface area contributed by atoms with E-state index in [4.69, 9.17) is 9.26 Å². The maximum absolute atomic E-state index is 12.1. The second-order valence-corrected chi connectivity index (χ2v) is 5.30. The summed E-state index contributed by atoms with van der Waals surface area (Å²) in [6.45, 7) is 4.43. The van der Waals surface area contributed by atoms with E-state index in [0.717, 1.165) is 0 Å². The molecule has 0 radical (unpaired) electrons. The van der Waals surface area contributed by atoms with Crippen LogP contribution < -0.4 is 10.6 Å². The lowest BCUT2D eigenvalue weighted by Gasteiger charge is -2.08.